The van der Waals surface area contributed by atoms with Gasteiger partial charge in [0.25, 0.3) is 0 Å². The Balaban J connectivity index is 1.66. The third-order valence-electron chi connectivity index (χ3n) is 4.45. The molecular formula is C22H19N5O3S. The first-order chi connectivity index (χ1) is 15.1. The molecule has 0 aliphatic carbocycles. The summed E-state index contributed by atoms with van der Waals surface area (Å²) in [5.41, 5.74) is 2.68. The Morgan fingerprint density at radius 1 is 1.13 bits per heavy atom. The summed E-state index contributed by atoms with van der Waals surface area (Å²) < 4.78 is 6.39. The SMILES string of the molecule is CCOC(=O)c1ccccc1N=Nc1c(C)[nH]n(-c2nc(-c3ccccc3)cs2)c1=O. The first-order valence-corrected chi connectivity index (χ1v) is 10.5. The zero-order valence-corrected chi connectivity index (χ0v) is 17.7. The topological polar surface area (TPSA) is 102 Å². The van der Waals surface area contributed by atoms with Crippen molar-refractivity contribution in [3.63, 3.8) is 0 Å². The van der Waals surface area contributed by atoms with Gasteiger partial charge < -0.3 is 4.74 Å². The molecule has 0 bridgehead atoms. The number of aryl methyl sites for hydroxylation is 1. The van der Waals surface area contributed by atoms with Gasteiger partial charge in [-0.1, -0.05) is 42.5 Å². The van der Waals surface area contributed by atoms with E-state index < -0.39 is 5.97 Å². The molecule has 156 valence electrons. The fraction of sp³-hybridized carbons (Fsp3) is 0.136. The van der Waals surface area contributed by atoms with Gasteiger partial charge in [0.15, 0.2) is 5.69 Å². The average molecular weight is 433 g/mol. The van der Waals surface area contributed by atoms with Crippen LogP contribution in [0.4, 0.5) is 11.4 Å². The Morgan fingerprint density at radius 3 is 2.65 bits per heavy atom. The molecule has 0 aliphatic rings. The molecule has 0 aliphatic heterocycles. The van der Waals surface area contributed by atoms with E-state index in [9.17, 15) is 9.59 Å². The summed E-state index contributed by atoms with van der Waals surface area (Å²) in [5, 5.41) is 13.6. The molecule has 31 heavy (non-hydrogen) atoms. The summed E-state index contributed by atoms with van der Waals surface area (Å²) in [7, 11) is 0. The summed E-state index contributed by atoms with van der Waals surface area (Å²) in [6, 6.07) is 16.4. The van der Waals surface area contributed by atoms with Gasteiger partial charge in [-0.15, -0.1) is 21.6 Å². The number of carbonyl (C=O) groups is 1. The number of ether oxygens (including phenoxy) is 1. The lowest BCUT2D eigenvalue weighted by atomic mass is 10.2. The molecule has 9 heteroatoms. The molecule has 1 N–H and O–H groups in total. The summed E-state index contributed by atoms with van der Waals surface area (Å²) >= 11 is 1.35. The number of hydrogen-bond acceptors (Lipinski definition) is 7. The van der Waals surface area contributed by atoms with Crippen LogP contribution in [-0.2, 0) is 4.74 Å². The Morgan fingerprint density at radius 2 is 1.87 bits per heavy atom. The van der Waals surface area contributed by atoms with Gasteiger partial charge in [0, 0.05) is 10.9 Å². The Bertz CT molecular complexity index is 1300. The van der Waals surface area contributed by atoms with E-state index in [1.165, 1.54) is 16.0 Å². The summed E-state index contributed by atoms with van der Waals surface area (Å²) in [5.74, 6) is -0.489. The molecule has 0 spiro atoms. The van der Waals surface area contributed by atoms with Crippen molar-refractivity contribution < 1.29 is 9.53 Å². The second-order valence-electron chi connectivity index (χ2n) is 6.54. The Kier molecular flexibility index (Phi) is 5.85. The zero-order chi connectivity index (χ0) is 21.8. The van der Waals surface area contributed by atoms with Crippen LogP contribution >= 0.6 is 11.3 Å². The highest BCUT2D eigenvalue weighted by atomic mass is 32.1. The zero-order valence-electron chi connectivity index (χ0n) is 16.9. The molecule has 0 saturated carbocycles. The first-order valence-electron chi connectivity index (χ1n) is 9.59. The number of nitrogens with zero attached hydrogens (tertiary/aromatic N) is 4. The maximum Gasteiger partial charge on any atom is 0.340 e. The van der Waals surface area contributed by atoms with Crippen LogP contribution in [0.2, 0.25) is 0 Å². The monoisotopic (exact) mass is 433 g/mol. The summed E-state index contributed by atoms with van der Waals surface area (Å²) in [4.78, 5) is 29.6. The molecule has 2 aromatic carbocycles. The molecule has 0 unspecified atom stereocenters. The lowest BCUT2D eigenvalue weighted by Gasteiger charge is -2.03. The Labute approximate surface area is 181 Å². The van der Waals surface area contributed by atoms with Crippen LogP contribution in [-0.4, -0.2) is 27.3 Å². The van der Waals surface area contributed by atoms with E-state index in [2.05, 4.69) is 20.3 Å². The molecule has 0 radical (unpaired) electrons. The van der Waals surface area contributed by atoms with Crippen LogP contribution in [0.25, 0.3) is 16.4 Å². The molecule has 2 heterocycles. The second-order valence-corrected chi connectivity index (χ2v) is 7.38. The van der Waals surface area contributed by atoms with E-state index in [0.29, 0.717) is 16.5 Å². The van der Waals surface area contributed by atoms with Crippen LogP contribution in [0.1, 0.15) is 23.0 Å². The quantitative estimate of drug-likeness (QED) is 0.334. The molecule has 0 atom stereocenters. The minimum absolute atomic E-state index is 0.148. The number of nitrogens with one attached hydrogen (secondary N) is 1. The van der Waals surface area contributed by atoms with Crippen LogP contribution in [0.3, 0.4) is 0 Å². The molecule has 0 fully saturated rings. The van der Waals surface area contributed by atoms with Crippen molar-refractivity contribution in [1.82, 2.24) is 14.8 Å². The number of azo groups is 1. The molecule has 4 aromatic rings. The fourth-order valence-corrected chi connectivity index (χ4v) is 3.74. The number of hydrogen-bond donors (Lipinski definition) is 1. The predicted octanol–water partition coefficient (Wildman–Crippen LogP) is 5.19. The number of benzene rings is 2. The van der Waals surface area contributed by atoms with Crippen molar-refractivity contribution in [1.29, 1.82) is 0 Å². The van der Waals surface area contributed by atoms with E-state index >= 15 is 0 Å². The number of H-pyrrole nitrogens is 1. The third-order valence-corrected chi connectivity index (χ3v) is 5.28. The number of esters is 1. The van der Waals surface area contributed by atoms with Gasteiger partial charge in [-0.05, 0) is 26.0 Å². The maximum atomic E-state index is 12.9. The lowest BCUT2D eigenvalue weighted by molar-refractivity contribution is 0.0527. The van der Waals surface area contributed by atoms with Gasteiger partial charge in [0.05, 0.1) is 23.6 Å². The number of carbonyl (C=O) groups excluding carboxylic acids is 1. The van der Waals surface area contributed by atoms with Gasteiger partial charge in [-0.2, -0.15) is 4.68 Å². The van der Waals surface area contributed by atoms with Crippen LogP contribution in [0, 0.1) is 6.92 Å². The van der Waals surface area contributed by atoms with Crippen molar-refractivity contribution in [2.75, 3.05) is 6.61 Å². The van der Waals surface area contributed by atoms with Crippen LogP contribution < -0.4 is 5.56 Å². The van der Waals surface area contributed by atoms with Crippen molar-refractivity contribution in [3.05, 3.63) is 81.6 Å². The van der Waals surface area contributed by atoms with Crippen LogP contribution in [0.5, 0.6) is 0 Å². The van der Waals surface area contributed by atoms with E-state index in [4.69, 9.17) is 4.74 Å². The standard InChI is InChI=1S/C22H19N5O3S/c1-3-30-21(29)16-11-7-8-12-17(16)24-25-19-14(2)26-27(20(19)28)22-23-18(13-31-22)15-9-5-4-6-10-15/h4-13,26H,3H2,1-2H3. The maximum absolute atomic E-state index is 12.9. The van der Waals surface area contributed by atoms with E-state index in [1.54, 1.807) is 38.1 Å². The number of aromatic amines is 1. The average Bonchev–Trinajstić information content (AvgIpc) is 3.38. The minimum Gasteiger partial charge on any atom is -0.462 e. The molecular weight excluding hydrogens is 414 g/mol. The number of aromatic nitrogens is 3. The van der Waals surface area contributed by atoms with E-state index in [-0.39, 0.29) is 23.4 Å². The van der Waals surface area contributed by atoms with Crippen molar-refractivity contribution in [2.24, 2.45) is 10.2 Å². The van der Waals surface area contributed by atoms with Crippen LogP contribution in [0.15, 0.2) is 75.0 Å². The number of thiazole rings is 1. The van der Waals surface area contributed by atoms with E-state index in [0.717, 1.165) is 11.3 Å². The molecule has 4 rings (SSSR count). The van der Waals surface area contributed by atoms with Crippen molar-refractivity contribution >= 4 is 28.7 Å². The highest BCUT2D eigenvalue weighted by Crippen LogP contribution is 2.26. The third kappa shape index (κ3) is 4.22. The Hall–Kier alpha value is -3.85. The smallest absolute Gasteiger partial charge is 0.340 e. The lowest BCUT2D eigenvalue weighted by Crippen LogP contribution is -2.13. The van der Waals surface area contributed by atoms with Crippen molar-refractivity contribution in [3.8, 4) is 16.4 Å². The largest absolute Gasteiger partial charge is 0.462 e. The van der Waals surface area contributed by atoms with Gasteiger partial charge in [-0.3, -0.25) is 9.89 Å². The summed E-state index contributed by atoms with van der Waals surface area (Å²) in [6.45, 7) is 3.72. The second kappa shape index (κ2) is 8.88. The molecule has 8 nitrogen and oxygen atoms in total. The first kappa shape index (κ1) is 20.4. The number of rotatable bonds is 6. The normalized spacial score (nSPS) is 11.2. The van der Waals surface area contributed by atoms with Gasteiger partial charge in [-0.25, -0.2) is 9.78 Å². The molecule has 0 amide bonds. The van der Waals surface area contributed by atoms with Gasteiger partial charge in [0.1, 0.15) is 5.69 Å². The van der Waals surface area contributed by atoms with Gasteiger partial charge >= 0.3 is 11.5 Å². The predicted molar refractivity (Wildman–Crippen MR) is 119 cm³/mol. The van der Waals surface area contributed by atoms with E-state index in [1.807, 2.05) is 35.7 Å². The highest BCUT2D eigenvalue weighted by Gasteiger charge is 2.16. The fourth-order valence-electron chi connectivity index (χ4n) is 2.94. The highest BCUT2D eigenvalue weighted by molar-refractivity contribution is 7.12. The molecule has 2 aromatic heterocycles. The van der Waals surface area contributed by atoms with Gasteiger partial charge in [0.2, 0.25) is 5.13 Å². The molecule has 0 saturated heterocycles. The summed E-state index contributed by atoms with van der Waals surface area (Å²) in [6.07, 6.45) is 0. The minimum atomic E-state index is -0.489. The van der Waals surface area contributed by atoms with Crippen molar-refractivity contribution in [2.45, 2.75) is 13.8 Å².